The monoisotopic (exact) mass is 348 g/mol. The molecule has 0 heterocycles. The van der Waals surface area contributed by atoms with Crippen molar-refractivity contribution in [3.8, 4) is 0 Å². The van der Waals surface area contributed by atoms with Gasteiger partial charge in [0.25, 0.3) is 0 Å². The van der Waals surface area contributed by atoms with Gasteiger partial charge in [0.15, 0.2) is 4.86 Å². The fourth-order valence-electron chi connectivity index (χ4n) is 2.81. The van der Waals surface area contributed by atoms with Crippen molar-refractivity contribution in [1.82, 2.24) is 0 Å². The Bertz CT molecular complexity index is 501. The van der Waals surface area contributed by atoms with Crippen LogP contribution in [0.4, 0.5) is 0 Å². The second-order valence-corrected chi connectivity index (χ2v) is 6.76. The van der Waals surface area contributed by atoms with Gasteiger partial charge >= 0.3 is 11.9 Å². The molecule has 0 radical (unpaired) electrons. The van der Waals surface area contributed by atoms with Gasteiger partial charge in [-0.3, -0.25) is 4.79 Å². The fourth-order valence-corrected chi connectivity index (χ4v) is 3.56. The Hall–Kier alpha value is -1.37. The Kier molecular flexibility index (Phi) is 10.5. The van der Waals surface area contributed by atoms with Crippen molar-refractivity contribution in [1.29, 1.82) is 0 Å². The number of carbonyl (C=O) groups is 2. The van der Waals surface area contributed by atoms with Gasteiger partial charge in [-0.2, -0.15) is 8.42 Å². The summed E-state index contributed by atoms with van der Waals surface area (Å²) in [5, 5.41) is 18.9. The highest BCUT2D eigenvalue weighted by Gasteiger charge is 2.47. The molecule has 0 saturated heterocycles. The molecule has 0 unspecified atom stereocenters. The smallest absolute Gasteiger partial charge is 0.348 e. The van der Waals surface area contributed by atoms with Crippen molar-refractivity contribution in [2.45, 2.75) is 78.1 Å². The zero-order valence-corrected chi connectivity index (χ0v) is 14.8. The molecule has 2 N–H and O–H groups in total. The van der Waals surface area contributed by atoms with E-state index in [-0.39, 0.29) is 12.8 Å². The van der Waals surface area contributed by atoms with Crippen LogP contribution in [0.2, 0.25) is 0 Å². The first-order chi connectivity index (χ1) is 10.8. The van der Waals surface area contributed by atoms with E-state index in [1.165, 1.54) is 0 Å². The summed E-state index contributed by atoms with van der Waals surface area (Å²) in [5.74, 6) is -3.01. The van der Waals surface area contributed by atoms with E-state index in [2.05, 4.69) is 0 Å². The van der Waals surface area contributed by atoms with E-state index < -0.39 is 32.5 Å². The number of carboxylic acid groups (broad SMARTS) is 2. The summed E-state index contributed by atoms with van der Waals surface area (Å²) in [6.45, 7) is 4.02. The molecule has 0 fully saturated rings. The zero-order chi connectivity index (χ0) is 17.9. The molecule has 0 aliphatic heterocycles. The molecule has 0 aromatic heterocycles. The van der Waals surface area contributed by atoms with Crippen LogP contribution >= 0.6 is 0 Å². The first-order valence-electron chi connectivity index (χ1n) is 8.26. The molecule has 0 bridgehead atoms. The highest BCUT2D eigenvalue weighted by Crippen LogP contribution is 2.34. The van der Waals surface area contributed by atoms with Crippen LogP contribution in [-0.4, -0.2) is 35.4 Å². The van der Waals surface area contributed by atoms with Gasteiger partial charge in [-0.05, 0) is 12.8 Å². The van der Waals surface area contributed by atoms with Crippen LogP contribution in [0.1, 0.15) is 78.1 Å². The highest BCUT2D eigenvalue weighted by molar-refractivity contribution is 7.75. The predicted octanol–water partition coefficient (Wildman–Crippen LogP) is 3.13. The minimum Gasteiger partial charge on any atom is -0.481 e. The van der Waals surface area contributed by atoms with Gasteiger partial charge in [0.05, 0.1) is 0 Å². The molecule has 0 aliphatic rings. The molecule has 0 aliphatic carbocycles. The van der Waals surface area contributed by atoms with Crippen molar-refractivity contribution in [2.75, 3.05) is 0 Å². The van der Waals surface area contributed by atoms with Crippen LogP contribution in [-0.2, 0) is 19.9 Å². The lowest BCUT2D eigenvalue weighted by Crippen LogP contribution is -2.44. The van der Waals surface area contributed by atoms with Gasteiger partial charge in [-0.15, -0.1) is 0 Å². The Labute approximate surface area is 139 Å². The summed E-state index contributed by atoms with van der Waals surface area (Å²) in [7, 11) is -3.05. The highest BCUT2D eigenvalue weighted by atomic mass is 32.2. The topological polar surface area (TPSA) is 109 Å². The van der Waals surface area contributed by atoms with Gasteiger partial charge < -0.3 is 10.2 Å². The summed E-state index contributed by atoms with van der Waals surface area (Å²) in [6, 6.07) is 0. The lowest BCUT2D eigenvalue weighted by Gasteiger charge is -2.28. The van der Waals surface area contributed by atoms with Crippen LogP contribution in [0.25, 0.3) is 0 Å². The molecule has 0 rings (SSSR count). The van der Waals surface area contributed by atoms with Crippen LogP contribution in [0.5, 0.6) is 0 Å². The molecule has 0 amide bonds. The van der Waals surface area contributed by atoms with Gasteiger partial charge in [-0.1, -0.05) is 65.2 Å². The predicted molar refractivity (Wildman–Crippen MR) is 89.1 cm³/mol. The lowest BCUT2D eigenvalue weighted by molar-refractivity contribution is -0.147. The number of rotatable bonds is 13. The minimum absolute atomic E-state index is 0.0457. The van der Waals surface area contributed by atoms with E-state index in [0.29, 0.717) is 12.8 Å². The Morgan fingerprint density at radius 3 is 1.52 bits per heavy atom. The molecule has 23 heavy (non-hydrogen) atoms. The second kappa shape index (κ2) is 11.2. The zero-order valence-electron chi connectivity index (χ0n) is 14.0. The SMILES string of the molecule is CCCCCCC(CCCCCC)(C(=O)O)C(C(=O)O)=S(=O)=O. The Morgan fingerprint density at radius 2 is 1.26 bits per heavy atom. The fraction of sp³-hybridized carbons (Fsp3) is 0.812. The molecule has 6 nitrogen and oxygen atoms in total. The maximum Gasteiger partial charge on any atom is 0.348 e. The van der Waals surface area contributed by atoms with Crippen molar-refractivity contribution < 1.29 is 28.2 Å². The van der Waals surface area contributed by atoms with Crippen LogP contribution in [0, 0.1) is 5.41 Å². The van der Waals surface area contributed by atoms with E-state index in [1.54, 1.807) is 0 Å². The number of aliphatic carboxylic acids is 2. The molecular weight excluding hydrogens is 320 g/mol. The Morgan fingerprint density at radius 1 is 0.826 bits per heavy atom. The third-order valence-corrected chi connectivity index (χ3v) is 5.02. The first kappa shape index (κ1) is 21.6. The van der Waals surface area contributed by atoms with Crippen molar-refractivity contribution >= 4 is 27.1 Å². The summed E-state index contributed by atoms with van der Waals surface area (Å²) in [6.07, 6.45) is 6.36. The third kappa shape index (κ3) is 6.72. The van der Waals surface area contributed by atoms with E-state index >= 15 is 0 Å². The largest absolute Gasteiger partial charge is 0.481 e. The first-order valence-corrected chi connectivity index (χ1v) is 9.34. The number of unbranched alkanes of at least 4 members (excludes halogenated alkanes) is 6. The van der Waals surface area contributed by atoms with E-state index in [9.17, 15) is 28.2 Å². The average Bonchev–Trinajstić information content (AvgIpc) is 2.46. The average molecular weight is 348 g/mol. The molecule has 0 atom stereocenters. The minimum atomic E-state index is -3.05. The summed E-state index contributed by atoms with van der Waals surface area (Å²) < 4.78 is 22.8. The quantitative estimate of drug-likeness (QED) is 0.391. The maximum absolute atomic E-state index is 11.8. The van der Waals surface area contributed by atoms with Gasteiger partial charge in [0, 0.05) is 0 Å². The molecular formula is C16H28O6S. The summed E-state index contributed by atoms with van der Waals surface area (Å²) in [5.41, 5.74) is -1.82. The van der Waals surface area contributed by atoms with Crippen LogP contribution < -0.4 is 0 Å². The molecule has 134 valence electrons. The van der Waals surface area contributed by atoms with Crippen LogP contribution in [0.15, 0.2) is 0 Å². The molecule has 0 aromatic carbocycles. The van der Waals surface area contributed by atoms with Gasteiger partial charge in [0.1, 0.15) is 5.41 Å². The van der Waals surface area contributed by atoms with E-state index in [1.807, 2.05) is 13.8 Å². The van der Waals surface area contributed by atoms with Gasteiger partial charge in [-0.25, -0.2) is 4.79 Å². The van der Waals surface area contributed by atoms with Crippen molar-refractivity contribution in [3.05, 3.63) is 0 Å². The standard InChI is InChI=1S/C16H28O6S/c1-3-5-7-9-11-16(15(19)20,12-10-8-6-4-2)13(14(17)18)23(21)22/h3-12H2,1-2H3,(H,17,18)(H,19,20). The van der Waals surface area contributed by atoms with E-state index in [4.69, 9.17) is 0 Å². The second-order valence-electron chi connectivity index (χ2n) is 5.88. The number of hydrogen-bond donors (Lipinski definition) is 2. The normalized spacial score (nSPS) is 11.2. The maximum atomic E-state index is 11.8. The summed E-state index contributed by atoms with van der Waals surface area (Å²) >= 11 is 0. The molecule has 0 aromatic rings. The molecule has 0 saturated carbocycles. The Balaban J connectivity index is 5.54. The van der Waals surface area contributed by atoms with Crippen molar-refractivity contribution in [3.63, 3.8) is 0 Å². The lowest BCUT2D eigenvalue weighted by atomic mass is 9.75. The number of hydrogen-bond acceptors (Lipinski definition) is 4. The molecule has 7 heteroatoms. The third-order valence-electron chi connectivity index (χ3n) is 4.12. The van der Waals surface area contributed by atoms with E-state index in [0.717, 1.165) is 38.5 Å². The van der Waals surface area contributed by atoms with Crippen LogP contribution in [0.3, 0.4) is 0 Å². The van der Waals surface area contributed by atoms with Crippen molar-refractivity contribution in [2.24, 2.45) is 5.41 Å². The number of carboxylic acids is 2. The molecule has 0 spiro atoms. The van der Waals surface area contributed by atoms with Gasteiger partial charge in [0.2, 0.25) is 10.3 Å². The summed E-state index contributed by atoms with van der Waals surface area (Å²) in [4.78, 5) is 22.3.